The van der Waals surface area contributed by atoms with E-state index in [1.807, 2.05) is 6.20 Å². The zero-order chi connectivity index (χ0) is 11.0. The van der Waals surface area contributed by atoms with Gasteiger partial charge in [-0.15, -0.1) is 0 Å². The molecule has 0 radical (unpaired) electrons. The van der Waals surface area contributed by atoms with E-state index in [9.17, 15) is 0 Å². The molecule has 16 heavy (non-hydrogen) atoms. The van der Waals surface area contributed by atoms with Crippen molar-refractivity contribution in [1.29, 1.82) is 0 Å². The molecule has 2 atom stereocenters. The first-order valence-electron chi connectivity index (χ1n) is 6.19. The van der Waals surface area contributed by atoms with Gasteiger partial charge in [-0.1, -0.05) is 12.8 Å². The molecule has 86 valence electrons. The van der Waals surface area contributed by atoms with Gasteiger partial charge in [-0.25, -0.2) is 4.98 Å². The van der Waals surface area contributed by atoms with Crippen LogP contribution in [-0.2, 0) is 0 Å². The SMILES string of the molecule is Brc1ccc(N2C[C@H]3CCCC[C@H]3C2)nc1. The minimum Gasteiger partial charge on any atom is -0.356 e. The highest BCUT2D eigenvalue weighted by Gasteiger charge is 2.34. The Morgan fingerprint density at radius 3 is 2.38 bits per heavy atom. The zero-order valence-electron chi connectivity index (χ0n) is 9.40. The minimum absolute atomic E-state index is 0.930. The lowest BCUT2D eigenvalue weighted by molar-refractivity contribution is 0.299. The summed E-state index contributed by atoms with van der Waals surface area (Å²) in [5.74, 6) is 3.01. The smallest absolute Gasteiger partial charge is 0.128 e. The van der Waals surface area contributed by atoms with Crippen LogP contribution in [0.25, 0.3) is 0 Å². The molecule has 0 N–H and O–H groups in total. The summed E-state index contributed by atoms with van der Waals surface area (Å²) in [6.45, 7) is 2.44. The van der Waals surface area contributed by atoms with Crippen LogP contribution in [0.2, 0.25) is 0 Å². The third-order valence-corrected chi connectivity index (χ3v) is 4.48. The lowest BCUT2D eigenvalue weighted by Crippen LogP contribution is -2.20. The molecule has 0 aromatic carbocycles. The molecule has 1 saturated heterocycles. The number of fused-ring (bicyclic) bond motifs is 1. The summed E-state index contributed by atoms with van der Waals surface area (Å²) in [7, 11) is 0. The minimum atomic E-state index is 0.930. The van der Waals surface area contributed by atoms with Gasteiger partial charge in [-0.3, -0.25) is 0 Å². The predicted molar refractivity (Wildman–Crippen MR) is 69.6 cm³/mol. The summed E-state index contributed by atoms with van der Waals surface area (Å²) in [5, 5.41) is 0. The maximum absolute atomic E-state index is 4.50. The Morgan fingerprint density at radius 1 is 1.12 bits per heavy atom. The first-order valence-corrected chi connectivity index (χ1v) is 6.99. The molecule has 3 heteroatoms. The molecule has 1 aromatic rings. The van der Waals surface area contributed by atoms with Crippen molar-refractivity contribution in [2.75, 3.05) is 18.0 Å². The van der Waals surface area contributed by atoms with Gasteiger partial charge in [0.1, 0.15) is 5.82 Å². The second-order valence-corrected chi connectivity index (χ2v) is 5.96. The van der Waals surface area contributed by atoms with E-state index in [0.717, 1.165) is 22.1 Å². The largest absolute Gasteiger partial charge is 0.356 e. The highest BCUT2D eigenvalue weighted by Crippen LogP contribution is 2.37. The molecule has 0 unspecified atom stereocenters. The topological polar surface area (TPSA) is 16.1 Å². The van der Waals surface area contributed by atoms with Crippen LogP contribution >= 0.6 is 15.9 Å². The van der Waals surface area contributed by atoms with Gasteiger partial charge >= 0.3 is 0 Å². The molecular formula is C13H17BrN2. The number of hydrogen-bond acceptors (Lipinski definition) is 2. The fraction of sp³-hybridized carbons (Fsp3) is 0.615. The van der Waals surface area contributed by atoms with Gasteiger partial charge in [0, 0.05) is 23.8 Å². The average Bonchev–Trinajstić information content (AvgIpc) is 2.73. The van der Waals surface area contributed by atoms with Gasteiger partial charge in [0.05, 0.1) is 0 Å². The van der Waals surface area contributed by atoms with Crippen molar-refractivity contribution < 1.29 is 0 Å². The van der Waals surface area contributed by atoms with Gasteiger partial charge in [-0.2, -0.15) is 0 Å². The molecular weight excluding hydrogens is 264 g/mol. The van der Waals surface area contributed by atoms with Crippen molar-refractivity contribution >= 4 is 21.7 Å². The second-order valence-electron chi connectivity index (χ2n) is 5.04. The van der Waals surface area contributed by atoms with Crippen LogP contribution in [0.15, 0.2) is 22.8 Å². The Bertz CT molecular complexity index is 349. The van der Waals surface area contributed by atoms with Gasteiger partial charge in [-0.05, 0) is 52.7 Å². The molecule has 0 amide bonds. The van der Waals surface area contributed by atoms with Crippen molar-refractivity contribution in [2.24, 2.45) is 11.8 Å². The van der Waals surface area contributed by atoms with Crippen LogP contribution in [0.3, 0.4) is 0 Å². The molecule has 1 aliphatic heterocycles. The Kier molecular flexibility index (Phi) is 2.88. The van der Waals surface area contributed by atoms with Gasteiger partial charge in [0.2, 0.25) is 0 Å². The molecule has 3 rings (SSSR count). The Balaban J connectivity index is 1.75. The van der Waals surface area contributed by atoms with E-state index in [1.54, 1.807) is 0 Å². The normalized spacial score (nSPS) is 29.2. The monoisotopic (exact) mass is 280 g/mol. The summed E-state index contributed by atoms with van der Waals surface area (Å²) < 4.78 is 1.06. The Labute approximate surface area is 105 Å². The molecule has 1 saturated carbocycles. The lowest BCUT2D eigenvalue weighted by Gasteiger charge is -2.22. The van der Waals surface area contributed by atoms with Gasteiger partial charge < -0.3 is 4.90 Å². The molecule has 0 bridgehead atoms. The number of aromatic nitrogens is 1. The standard InChI is InChI=1S/C13H17BrN2/c14-12-5-6-13(15-7-12)16-8-10-3-1-2-4-11(10)9-16/h5-7,10-11H,1-4,8-9H2/t10-,11+. The summed E-state index contributed by atoms with van der Waals surface area (Å²) >= 11 is 3.43. The number of anilines is 1. The van der Waals surface area contributed by atoms with E-state index < -0.39 is 0 Å². The Morgan fingerprint density at radius 2 is 1.81 bits per heavy atom. The van der Waals surface area contributed by atoms with Gasteiger partial charge in [0.15, 0.2) is 0 Å². The third-order valence-electron chi connectivity index (χ3n) is 4.01. The maximum atomic E-state index is 4.50. The van der Waals surface area contributed by atoms with Crippen LogP contribution in [0.4, 0.5) is 5.82 Å². The third kappa shape index (κ3) is 1.97. The number of rotatable bonds is 1. The molecule has 2 nitrogen and oxygen atoms in total. The molecule has 2 heterocycles. The van der Waals surface area contributed by atoms with E-state index in [0.29, 0.717) is 0 Å². The van der Waals surface area contributed by atoms with Gasteiger partial charge in [0.25, 0.3) is 0 Å². The van der Waals surface area contributed by atoms with E-state index >= 15 is 0 Å². The van der Waals surface area contributed by atoms with E-state index in [-0.39, 0.29) is 0 Å². The van der Waals surface area contributed by atoms with Crippen molar-refractivity contribution in [2.45, 2.75) is 25.7 Å². The van der Waals surface area contributed by atoms with Crippen molar-refractivity contribution in [3.05, 3.63) is 22.8 Å². The molecule has 2 aliphatic rings. The summed E-state index contributed by atoms with van der Waals surface area (Å²) in [6.07, 6.45) is 7.62. The van der Waals surface area contributed by atoms with Crippen LogP contribution in [-0.4, -0.2) is 18.1 Å². The number of nitrogens with zero attached hydrogens (tertiary/aromatic N) is 2. The fourth-order valence-electron chi connectivity index (χ4n) is 3.15. The first kappa shape index (κ1) is 10.6. The lowest BCUT2D eigenvalue weighted by atomic mass is 9.82. The average molecular weight is 281 g/mol. The zero-order valence-corrected chi connectivity index (χ0v) is 11.0. The van der Waals surface area contributed by atoms with Crippen molar-refractivity contribution in [1.82, 2.24) is 4.98 Å². The number of pyridine rings is 1. The van der Waals surface area contributed by atoms with Crippen LogP contribution in [0.1, 0.15) is 25.7 Å². The van der Waals surface area contributed by atoms with Crippen LogP contribution in [0, 0.1) is 11.8 Å². The maximum Gasteiger partial charge on any atom is 0.128 e. The fourth-order valence-corrected chi connectivity index (χ4v) is 3.38. The molecule has 1 aliphatic carbocycles. The summed E-state index contributed by atoms with van der Waals surface area (Å²) in [4.78, 5) is 6.96. The molecule has 1 aromatic heterocycles. The highest BCUT2D eigenvalue weighted by molar-refractivity contribution is 9.10. The van der Waals surface area contributed by atoms with E-state index in [1.165, 1.54) is 38.8 Å². The summed E-state index contributed by atoms with van der Waals surface area (Å²) in [5.41, 5.74) is 0. The van der Waals surface area contributed by atoms with E-state index in [2.05, 4.69) is 37.9 Å². The Hall–Kier alpha value is -0.570. The van der Waals surface area contributed by atoms with Crippen molar-refractivity contribution in [3.8, 4) is 0 Å². The van der Waals surface area contributed by atoms with Crippen molar-refractivity contribution in [3.63, 3.8) is 0 Å². The number of hydrogen-bond donors (Lipinski definition) is 0. The quantitative estimate of drug-likeness (QED) is 0.783. The van der Waals surface area contributed by atoms with E-state index in [4.69, 9.17) is 0 Å². The highest BCUT2D eigenvalue weighted by atomic mass is 79.9. The first-order chi connectivity index (χ1) is 7.83. The second kappa shape index (κ2) is 4.36. The van der Waals surface area contributed by atoms with Crippen LogP contribution in [0.5, 0.6) is 0 Å². The predicted octanol–water partition coefficient (Wildman–Crippen LogP) is 3.47. The molecule has 0 spiro atoms. The molecule has 2 fully saturated rings. The number of halogens is 1. The van der Waals surface area contributed by atoms with Crippen LogP contribution < -0.4 is 4.90 Å². The summed E-state index contributed by atoms with van der Waals surface area (Å²) in [6, 6.07) is 4.21.